The van der Waals surface area contributed by atoms with Gasteiger partial charge in [0.1, 0.15) is 0 Å². The minimum Gasteiger partial charge on any atom is -0.392 e. The zero-order valence-electron chi connectivity index (χ0n) is 11.6. The van der Waals surface area contributed by atoms with E-state index in [-0.39, 0.29) is 6.61 Å². The third kappa shape index (κ3) is 2.81. The highest BCUT2D eigenvalue weighted by Crippen LogP contribution is 2.25. The Balaban J connectivity index is 2.00. The maximum Gasteiger partial charge on any atom is 0.0681 e. The molecule has 0 spiro atoms. The lowest BCUT2D eigenvalue weighted by Gasteiger charge is -2.07. The number of benzene rings is 2. The number of hydrogen-bond acceptors (Lipinski definition) is 2. The highest BCUT2D eigenvalue weighted by Gasteiger charge is 2.08. The van der Waals surface area contributed by atoms with Gasteiger partial charge in [-0.1, -0.05) is 41.9 Å². The van der Waals surface area contributed by atoms with Crippen molar-refractivity contribution in [2.24, 2.45) is 5.73 Å². The van der Waals surface area contributed by atoms with E-state index in [1.54, 1.807) is 0 Å². The Morgan fingerprint density at radius 3 is 2.43 bits per heavy atom. The molecule has 0 radical (unpaired) electrons. The molecule has 3 rings (SSSR count). The van der Waals surface area contributed by atoms with E-state index in [0.717, 1.165) is 33.6 Å². The molecule has 0 aliphatic rings. The summed E-state index contributed by atoms with van der Waals surface area (Å²) in [5.74, 6) is 0. The molecule has 0 saturated carbocycles. The minimum absolute atomic E-state index is 0.0691. The predicted molar refractivity (Wildman–Crippen MR) is 86.3 cm³/mol. The Bertz CT molecular complexity index is 762. The zero-order chi connectivity index (χ0) is 14.8. The number of nitrogens with two attached hydrogens (primary N) is 1. The molecule has 0 aliphatic carbocycles. The first kappa shape index (κ1) is 14.1. The van der Waals surface area contributed by atoms with Gasteiger partial charge < -0.3 is 15.4 Å². The van der Waals surface area contributed by atoms with Crippen molar-refractivity contribution >= 4 is 22.5 Å². The fraction of sp³-hybridized carbons (Fsp3) is 0.176. The van der Waals surface area contributed by atoms with Gasteiger partial charge in [-0.05, 0) is 28.8 Å². The third-order valence-electron chi connectivity index (χ3n) is 3.71. The quantitative estimate of drug-likeness (QED) is 0.777. The van der Waals surface area contributed by atoms with Gasteiger partial charge in [-0.25, -0.2) is 0 Å². The van der Waals surface area contributed by atoms with Crippen LogP contribution in [0.1, 0.15) is 16.7 Å². The number of nitrogens with zero attached hydrogens (tertiary/aromatic N) is 1. The van der Waals surface area contributed by atoms with Crippen molar-refractivity contribution in [1.29, 1.82) is 0 Å². The van der Waals surface area contributed by atoms with Crippen LogP contribution in [0.4, 0.5) is 0 Å². The molecule has 0 amide bonds. The second kappa shape index (κ2) is 5.90. The summed E-state index contributed by atoms with van der Waals surface area (Å²) in [6.45, 7) is 1.33. The number of aliphatic hydroxyl groups excluding tert-OH is 1. The normalized spacial score (nSPS) is 11.2. The first-order valence-corrected chi connectivity index (χ1v) is 7.25. The summed E-state index contributed by atoms with van der Waals surface area (Å²) in [6.07, 6.45) is 2.08. The topological polar surface area (TPSA) is 51.2 Å². The zero-order valence-corrected chi connectivity index (χ0v) is 12.3. The van der Waals surface area contributed by atoms with Gasteiger partial charge in [0, 0.05) is 29.7 Å². The van der Waals surface area contributed by atoms with Crippen LogP contribution in [0.15, 0.2) is 48.7 Å². The Hall–Kier alpha value is -1.81. The van der Waals surface area contributed by atoms with Crippen LogP contribution in [-0.2, 0) is 19.7 Å². The molecular formula is C17H17ClN2O. The number of fused-ring (bicyclic) bond motifs is 1. The molecule has 0 saturated heterocycles. The monoisotopic (exact) mass is 300 g/mol. The van der Waals surface area contributed by atoms with E-state index < -0.39 is 0 Å². The van der Waals surface area contributed by atoms with Crippen molar-refractivity contribution in [3.63, 3.8) is 0 Å². The van der Waals surface area contributed by atoms with Crippen LogP contribution in [-0.4, -0.2) is 9.67 Å². The standard InChI is InChI=1S/C17H17ClN2O/c18-15-5-6-16-14(8-19)10-20(17(16)7-15)9-12-1-3-13(11-21)4-2-12/h1-7,10,21H,8-9,11,19H2. The minimum atomic E-state index is 0.0691. The number of halogens is 1. The summed E-state index contributed by atoms with van der Waals surface area (Å²) >= 11 is 6.11. The van der Waals surface area contributed by atoms with Crippen LogP contribution in [0, 0.1) is 0 Å². The van der Waals surface area contributed by atoms with Crippen molar-refractivity contribution in [2.75, 3.05) is 0 Å². The summed E-state index contributed by atoms with van der Waals surface area (Å²) in [5.41, 5.74) is 10.1. The Labute approximate surface area is 128 Å². The number of aromatic nitrogens is 1. The fourth-order valence-corrected chi connectivity index (χ4v) is 2.75. The highest BCUT2D eigenvalue weighted by molar-refractivity contribution is 6.31. The van der Waals surface area contributed by atoms with E-state index in [0.29, 0.717) is 6.54 Å². The molecule has 4 heteroatoms. The van der Waals surface area contributed by atoms with Crippen molar-refractivity contribution in [3.8, 4) is 0 Å². The number of aliphatic hydroxyl groups is 1. The highest BCUT2D eigenvalue weighted by atomic mass is 35.5. The molecule has 21 heavy (non-hydrogen) atoms. The van der Waals surface area contributed by atoms with E-state index in [4.69, 9.17) is 22.4 Å². The Kier molecular flexibility index (Phi) is 3.97. The Morgan fingerprint density at radius 2 is 1.76 bits per heavy atom. The van der Waals surface area contributed by atoms with E-state index >= 15 is 0 Å². The van der Waals surface area contributed by atoms with E-state index in [9.17, 15) is 0 Å². The SMILES string of the molecule is NCc1cn(Cc2ccc(CO)cc2)c2cc(Cl)ccc12. The molecule has 3 aromatic rings. The molecule has 1 aromatic heterocycles. The number of hydrogen-bond donors (Lipinski definition) is 2. The molecule has 3 nitrogen and oxygen atoms in total. The average Bonchev–Trinajstić information content (AvgIpc) is 2.85. The van der Waals surface area contributed by atoms with Gasteiger partial charge in [0.05, 0.1) is 12.1 Å². The Morgan fingerprint density at radius 1 is 1.05 bits per heavy atom. The summed E-state index contributed by atoms with van der Waals surface area (Å²) in [5, 5.41) is 11.0. The lowest BCUT2D eigenvalue weighted by molar-refractivity contribution is 0.282. The third-order valence-corrected chi connectivity index (χ3v) is 3.94. The molecule has 0 aliphatic heterocycles. The summed E-state index contributed by atoms with van der Waals surface area (Å²) in [4.78, 5) is 0. The van der Waals surface area contributed by atoms with Crippen molar-refractivity contribution in [1.82, 2.24) is 4.57 Å². The van der Waals surface area contributed by atoms with E-state index in [2.05, 4.69) is 10.8 Å². The van der Waals surface area contributed by atoms with E-state index in [1.165, 1.54) is 5.56 Å². The molecule has 1 heterocycles. The van der Waals surface area contributed by atoms with Gasteiger partial charge >= 0.3 is 0 Å². The van der Waals surface area contributed by atoms with Crippen LogP contribution in [0.5, 0.6) is 0 Å². The molecule has 0 bridgehead atoms. The van der Waals surface area contributed by atoms with Crippen molar-refractivity contribution in [3.05, 3.63) is 70.4 Å². The molecule has 0 unspecified atom stereocenters. The summed E-state index contributed by atoms with van der Waals surface area (Å²) in [6, 6.07) is 13.8. The molecule has 0 fully saturated rings. The maximum absolute atomic E-state index is 9.09. The van der Waals surface area contributed by atoms with Gasteiger partial charge in [-0.2, -0.15) is 0 Å². The van der Waals surface area contributed by atoms with Gasteiger partial charge in [-0.3, -0.25) is 0 Å². The summed E-state index contributed by atoms with van der Waals surface area (Å²) in [7, 11) is 0. The predicted octanol–water partition coefficient (Wildman–Crippen LogP) is 3.29. The smallest absolute Gasteiger partial charge is 0.0681 e. The molecule has 108 valence electrons. The van der Waals surface area contributed by atoms with Crippen LogP contribution in [0.25, 0.3) is 10.9 Å². The van der Waals surface area contributed by atoms with Crippen LogP contribution in [0.2, 0.25) is 5.02 Å². The average molecular weight is 301 g/mol. The molecule has 2 aromatic carbocycles. The maximum atomic E-state index is 9.09. The first-order valence-electron chi connectivity index (χ1n) is 6.87. The van der Waals surface area contributed by atoms with Crippen molar-refractivity contribution < 1.29 is 5.11 Å². The van der Waals surface area contributed by atoms with Gasteiger partial charge in [-0.15, -0.1) is 0 Å². The largest absolute Gasteiger partial charge is 0.392 e. The second-order valence-corrected chi connectivity index (χ2v) is 5.56. The second-order valence-electron chi connectivity index (χ2n) is 5.12. The number of rotatable bonds is 4. The fourth-order valence-electron chi connectivity index (χ4n) is 2.58. The molecular weight excluding hydrogens is 284 g/mol. The van der Waals surface area contributed by atoms with Crippen molar-refractivity contribution in [2.45, 2.75) is 19.7 Å². The van der Waals surface area contributed by atoms with Crippen LogP contribution < -0.4 is 5.73 Å². The van der Waals surface area contributed by atoms with Crippen LogP contribution >= 0.6 is 11.6 Å². The lowest BCUT2D eigenvalue weighted by Crippen LogP contribution is -1.99. The molecule has 3 N–H and O–H groups in total. The molecule has 0 atom stereocenters. The van der Waals surface area contributed by atoms with Crippen LogP contribution in [0.3, 0.4) is 0 Å². The first-order chi connectivity index (χ1) is 10.2. The lowest BCUT2D eigenvalue weighted by atomic mass is 10.1. The van der Waals surface area contributed by atoms with E-state index in [1.807, 2.05) is 42.5 Å². The van der Waals surface area contributed by atoms with Gasteiger partial charge in [0.2, 0.25) is 0 Å². The summed E-state index contributed by atoms with van der Waals surface area (Å²) < 4.78 is 2.16. The van der Waals surface area contributed by atoms with Gasteiger partial charge in [0.15, 0.2) is 0 Å². The van der Waals surface area contributed by atoms with Gasteiger partial charge in [0.25, 0.3) is 0 Å².